The molecule has 0 radical (unpaired) electrons. The van der Waals surface area contributed by atoms with Crippen LogP contribution in [0.25, 0.3) is 22.3 Å². The molecule has 0 fully saturated rings. The number of benzene rings is 2. The molecule has 7 nitrogen and oxygen atoms in total. The van der Waals surface area contributed by atoms with Gasteiger partial charge in [-0.25, -0.2) is 9.97 Å². The van der Waals surface area contributed by atoms with Gasteiger partial charge in [0.2, 0.25) is 5.91 Å². The average Bonchev–Trinajstić information content (AvgIpc) is 3.28. The normalized spacial score (nSPS) is 10.9. The Morgan fingerprint density at radius 1 is 0.909 bits per heavy atom. The number of nitrogens with two attached hydrogens (primary N) is 1. The second-order valence-corrected chi connectivity index (χ2v) is 8.14. The molecule has 4 aromatic rings. The minimum absolute atomic E-state index is 0.213. The van der Waals surface area contributed by atoms with Crippen LogP contribution in [-0.2, 0) is 11.3 Å². The number of amides is 1. The van der Waals surface area contributed by atoms with Gasteiger partial charge in [-0.3, -0.25) is 4.79 Å². The van der Waals surface area contributed by atoms with E-state index in [0.717, 1.165) is 66.0 Å². The quantitative estimate of drug-likeness (QED) is 0.229. The van der Waals surface area contributed by atoms with Crippen molar-refractivity contribution in [1.82, 2.24) is 15.0 Å². The monoisotopic (exact) mass is 442 g/mol. The van der Waals surface area contributed by atoms with Crippen molar-refractivity contribution in [2.75, 3.05) is 17.2 Å². The van der Waals surface area contributed by atoms with Crippen molar-refractivity contribution in [3.8, 4) is 11.3 Å². The van der Waals surface area contributed by atoms with Gasteiger partial charge in [0.25, 0.3) is 0 Å². The van der Waals surface area contributed by atoms with E-state index in [9.17, 15) is 4.79 Å². The third-order valence-corrected chi connectivity index (χ3v) is 5.60. The van der Waals surface area contributed by atoms with Crippen LogP contribution < -0.4 is 16.4 Å². The highest BCUT2D eigenvalue weighted by atomic mass is 16.1. The summed E-state index contributed by atoms with van der Waals surface area (Å²) in [4.78, 5) is 23.0. The summed E-state index contributed by atoms with van der Waals surface area (Å²) in [6.45, 7) is 1.62. The number of anilines is 2. The second-order valence-electron chi connectivity index (χ2n) is 8.14. The molecular formula is C26H30N6O. The maximum absolute atomic E-state index is 10.8. The molecule has 0 aliphatic rings. The zero-order valence-corrected chi connectivity index (χ0v) is 18.7. The number of hydrogen-bond donors (Lipinski definition) is 4. The summed E-state index contributed by atoms with van der Waals surface area (Å²) in [5, 5.41) is 7.85. The lowest BCUT2D eigenvalue weighted by atomic mass is 10.1. The molecule has 2 heterocycles. The van der Waals surface area contributed by atoms with E-state index >= 15 is 0 Å². The third-order valence-electron chi connectivity index (χ3n) is 5.60. The number of H-pyrrole nitrogens is 1. The number of rotatable bonds is 12. The van der Waals surface area contributed by atoms with Gasteiger partial charge in [0.1, 0.15) is 17.8 Å². The molecule has 2 aromatic heterocycles. The number of hydrogen-bond acceptors (Lipinski definition) is 5. The van der Waals surface area contributed by atoms with Crippen LogP contribution in [0.15, 0.2) is 67.0 Å². The van der Waals surface area contributed by atoms with E-state index in [2.05, 4.69) is 68.1 Å². The van der Waals surface area contributed by atoms with Crippen LogP contribution in [0, 0.1) is 0 Å². The maximum atomic E-state index is 10.8. The van der Waals surface area contributed by atoms with E-state index in [0.29, 0.717) is 13.0 Å². The van der Waals surface area contributed by atoms with Crippen molar-refractivity contribution >= 4 is 28.4 Å². The van der Waals surface area contributed by atoms with Crippen LogP contribution in [0.4, 0.5) is 11.5 Å². The highest BCUT2D eigenvalue weighted by Gasteiger charge is 2.09. The molecule has 5 N–H and O–H groups in total. The van der Waals surface area contributed by atoms with Gasteiger partial charge in [-0.05, 0) is 42.2 Å². The van der Waals surface area contributed by atoms with Crippen molar-refractivity contribution in [3.63, 3.8) is 0 Å². The highest BCUT2D eigenvalue weighted by Crippen LogP contribution is 2.28. The zero-order chi connectivity index (χ0) is 22.9. The van der Waals surface area contributed by atoms with Crippen LogP contribution in [0.5, 0.6) is 0 Å². The summed E-state index contributed by atoms with van der Waals surface area (Å²) in [5.74, 6) is 0.607. The van der Waals surface area contributed by atoms with Crippen molar-refractivity contribution in [1.29, 1.82) is 0 Å². The molecule has 7 heteroatoms. The van der Waals surface area contributed by atoms with Gasteiger partial charge in [-0.1, -0.05) is 55.3 Å². The fourth-order valence-electron chi connectivity index (χ4n) is 3.80. The Bertz CT molecular complexity index is 1170. The first-order valence-corrected chi connectivity index (χ1v) is 11.4. The van der Waals surface area contributed by atoms with Crippen LogP contribution in [-0.4, -0.2) is 27.4 Å². The van der Waals surface area contributed by atoms with Gasteiger partial charge >= 0.3 is 0 Å². The topological polar surface area (TPSA) is 109 Å². The van der Waals surface area contributed by atoms with Crippen molar-refractivity contribution in [3.05, 3.63) is 72.6 Å². The molecule has 0 saturated carbocycles. The fraction of sp³-hybridized carbons (Fsp3) is 0.269. The first-order chi connectivity index (χ1) is 16.2. The van der Waals surface area contributed by atoms with E-state index in [4.69, 9.17) is 5.73 Å². The molecule has 0 bridgehead atoms. The predicted octanol–water partition coefficient (Wildman–Crippen LogP) is 5.08. The van der Waals surface area contributed by atoms with Gasteiger partial charge in [0, 0.05) is 30.9 Å². The lowest BCUT2D eigenvalue weighted by Crippen LogP contribution is -2.09. The Kier molecular flexibility index (Phi) is 7.53. The Labute approximate surface area is 193 Å². The Morgan fingerprint density at radius 2 is 1.70 bits per heavy atom. The summed E-state index contributed by atoms with van der Waals surface area (Å²) in [7, 11) is 0. The summed E-state index contributed by atoms with van der Waals surface area (Å²) in [6, 6.07) is 20.7. The molecule has 4 rings (SSSR count). The molecule has 0 unspecified atom stereocenters. The van der Waals surface area contributed by atoms with E-state index in [1.165, 1.54) is 5.56 Å². The summed E-state index contributed by atoms with van der Waals surface area (Å²) < 4.78 is 0. The molecule has 170 valence electrons. The summed E-state index contributed by atoms with van der Waals surface area (Å²) >= 11 is 0. The van der Waals surface area contributed by atoms with Gasteiger partial charge in [-0.2, -0.15) is 0 Å². The number of carbonyl (C=O) groups is 1. The maximum Gasteiger partial charge on any atom is 0.217 e. The van der Waals surface area contributed by atoms with Crippen LogP contribution in [0.2, 0.25) is 0 Å². The molecule has 0 spiro atoms. The number of nitrogens with zero attached hydrogens (tertiary/aromatic N) is 2. The number of unbranched alkanes of at least 4 members (excludes halogenated alkanes) is 3. The molecular weight excluding hydrogens is 412 g/mol. The number of aromatic nitrogens is 3. The van der Waals surface area contributed by atoms with Gasteiger partial charge in [0.05, 0.1) is 5.39 Å². The molecule has 0 aliphatic carbocycles. The van der Waals surface area contributed by atoms with Crippen molar-refractivity contribution < 1.29 is 4.79 Å². The van der Waals surface area contributed by atoms with E-state index < -0.39 is 0 Å². The van der Waals surface area contributed by atoms with E-state index in [1.54, 1.807) is 6.33 Å². The minimum atomic E-state index is -0.213. The fourth-order valence-corrected chi connectivity index (χ4v) is 3.80. The van der Waals surface area contributed by atoms with Gasteiger partial charge < -0.3 is 21.4 Å². The van der Waals surface area contributed by atoms with Crippen LogP contribution in [0.1, 0.15) is 37.7 Å². The Balaban J connectivity index is 1.33. The lowest BCUT2D eigenvalue weighted by Gasteiger charge is -2.07. The summed E-state index contributed by atoms with van der Waals surface area (Å²) in [6.07, 6.45) is 6.14. The van der Waals surface area contributed by atoms with E-state index in [-0.39, 0.29) is 5.91 Å². The largest absolute Gasteiger partial charge is 0.385 e. The molecule has 0 aliphatic heterocycles. The predicted molar refractivity (Wildman–Crippen MR) is 134 cm³/mol. The lowest BCUT2D eigenvalue weighted by molar-refractivity contribution is -0.118. The first kappa shape index (κ1) is 22.3. The number of aromatic amines is 1. The number of nitrogens with one attached hydrogen (secondary N) is 3. The third kappa shape index (κ3) is 6.32. The average molecular weight is 443 g/mol. The zero-order valence-electron chi connectivity index (χ0n) is 18.7. The van der Waals surface area contributed by atoms with Gasteiger partial charge in [0.15, 0.2) is 0 Å². The molecule has 0 saturated heterocycles. The molecule has 2 aromatic carbocycles. The second kappa shape index (κ2) is 11.1. The van der Waals surface area contributed by atoms with Crippen molar-refractivity contribution in [2.45, 2.75) is 38.6 Å². The van der Waals surface area contributed by atoms with E-state index in [1.807, 2.05) is 18.2 Å². The number of primary amides is 1. The van der Waals surface area contributed by atoms with Crippen LogP contribution in [0.3, 0.4) is 0 Å². The van der Waals surface area contributed by atoms with Crippen LogP contribution >= 0.6 is 0 Å². The molecule has 0 atom stereocenters. The SMILES string of the molecule is NC(=O)CCCCCCNc1ccc(-c2cc3c(NCc4ccccc4)ncnc3[nH]2)cc1. The highest BCUT2D eigenvalue weighted by molar-refractivity contribution is 5.91. The Morgan fingerprint density at radius 3 is 2.48 bits per heavy atom. The number of fused-ring (bicyclic) bond motifs is 1. The van der Waals surface area contributed by atoms with Crippen molar-refractivity contribution in [2.24, 2.45) is 5.73 Å². The summed E-state index contributed by atoms with van der Waals surface area (Å²) in [5.41, 5.74) is 10.4. The standard InChI is InChI=1S/C26H30N6O/c27-24(33)10-6-1-2-7-15-28-21-13-11-20(12-14-21)23-16-22-25(30-18-31-26(22)32-23)29-17-19-8-4-3-5-9-19/h3-5,8-9,11-14,16,18,28H,1-2,6-7,10,15,17H2,(H2,27,33)(H2,29,30,31,32). The smallest absolute Gasteiger partial charge is 0.217 e. The Hall–Kier alpha value is -3.87. The number of carbonyl (C=O) groups excluding carboxylic acids is 1. The molecule has 33 heavy (non-hydrogen) atoms. The van der Waals surface area contributed by atoms with Gasteiger partial charge in [-0.15, -0.1) is 0 Å². The minimum Gasteiger partial charge on any atom is -0.385 e. The molecule has 1 amide bonds. The first-order valence-electron chi connectivity index (χ1n) is 11.4.